The summed E-state index contributed by atoms with van der Waals surface area (Å²) < 4.78 is 15.4. The van der Waals surface area contributed by atoms with Gasteiger partial charge in [-0.3, -0.25) is 29.5 Å². The fraction of sp³-hybridized carbons (Fsp3) is 0.364. The van der Waals surface area contributed by atoms with Crippen molar-refractivity contribution in [2.45, 2.75) is 57.4 Å². The maximum Gasteiger partial charge on any atom is 0.255 e. The number of piperidine rings is 1. The highest BCUT2D eigenvalue weighted by molar-refractivity contribution is 6.05. The van der Waals surface area contributed by atoms with Crippen molar-refractivity contribution in [1.82, 2.24) is 20.0 Å². The van der Waals surface area contributed by atoms with E-state index in [2.05, 4.69) is 77.5 Å². The molecule has 41 heavy (non-hydrogen) atoms. The lowest BCUT2D eigenvalue weighted by Gasteiger charge is -2.51. The molecule has 0 radical (unpaired) electrons. The minimum Gasteiger partial charge on any atom is -0.322 e. The highest BCUT2D eigenvalue weighted by atomic mass is 19.1. The Morgan fingerprint density at radius 1 is 0.951 bits per heavy atom. The number of hydrogen-bond donors (Lipinski definition) is 1. The molecule has 3 amide bonds. The van der Waals surface area contributed by atoms with E-state index in [9.17, 15) is 14.4 Å². The number of fused-ring (bicyclic) bond motifs is 1. The molecule has 1 atom stereocenters. The van der Waals surface area contributed by atoms with Gasteiger partial charge in [-0.25, -0.2) is 4.39 Å². The number of hydrogen-bond acceptors (Lipinski definition) is 5. The summed E-state index contributed by atoms with van der Waals surface area (Å²) in [4.78, 5) is 43.3. The zero-order chi connectivity index (χ0) is 28.7. The Kier molecular flexibility index (Phi) is 7.21. The Hall–Kier alpha value is -3.88. The summed E-state index contributed by atoms with van der Waals surface area (Å²) in [5.41, 5.74) is 3.87. The molecule has 1 N–H and O–H groups in total. The summed E-state index contributed by atoms with van der Waals surface area (Å²) in [5, 5.41) is 2.31. The summed E-state index contributed by atoms with van der Waals surface area (Å²) in [7, 11) is 0. The molecule has 212 valence electrons. The molecule has 3 aliphatic rings. The van der Waals surface area contributed by atoms with Crippen LogP contribution >= 0.6 is 0 Å². The smallest absolute Gasteiger partial charge is 0.255 e. The van der Waals surface area contributed by atoms with Gasteiger partial charge in [-0.1, -0.05) is 60.7 Å². The predicted molar refractivity (Wildman–Crippen MR) is 153 cm³/mol. The summed E-state index contributed by atoms with van der Waals surface area (Å²) in [5.74, 6) is -1.56. The Morgan fingerprint density at radius 3 is 2.22 bits per heavy atom. The molecule has 1 unspecified atom stereocenters. The molecule has 0 saturated carbocycles. The van der Waals surface area contributed by atoms with Crippen molar-refractivity contribution >= 4 is 17.7 Å². The number of amides is 3. The molecule has 3 aromatic rings. The van der Waals surface area contributed by atoms with Gasteiger partial charge in [0.2, 0.25) is 11.8 Å². The molecular weight excluding hydrogens is 519 g/mol. The van der Waals surface area contributed by atoms with E-state index >= 15 is 4.39 Å². The van der Waals surface area contributed by atoms with Crippen LogP contribution in [0.25, 0.3) is 0 Å². The first-order valence-corrected chi connectivity index (χ1v) is 14.3. The van der Waals surface area contributed by atoms with Gasteiger partial charge in [0.1, 0.15) is 11.9 Å². The second kappa shape index (κ2) is 10.8. The maximum atomic E-state index is 15.4. The summed E-state index contributed by atoms with van der Waals surface area (Å²) in [6, 6.07) is 23.6. The molecule has 6 rings (SSSR count). The number of nitrogens with zero attached hydrogens (tertiary/aromatic N) is 3. The standard InChI is InChI=1S/C33H35FN4O3/c1-33(2)21-36(15-16-38(33)30(22-9-5-3-6-10-22)23-11-7-4-8-12-23)19-25-17-24-20-37(32(41)26(24)18-27(25)34)28-13-14-29(39)35-31(28)40/h3-12,17-18,28,30H,13-16,19-21H2,1-2H3,(H,35,39,40). The van der Waals surface area contributed by atoms with Crippen LogP contribution in [0, 0.1) is 5.82 Å². The molecule has 0 aliphatic carbocycles. The third-order valence-corrected chi connectivity index (χ3v) is 8.67. The zero-order valence-electron chi connectivity index (χ0n) is 23.5. The third kappa shape index (κ3) is 5.29. The van der Waals surface area contributed by atoms with Gasteiger partial charge in [0.05, 0.1) is 6.04 Å². The van der Waals surface area contributed by atoms with Crippen LogP contribution in [0.1, 0.15) is 65.3 Å². The Morgan fingerprint density at radius 2 is 1.61 bits per heavy atom. The molecular formula is C33H35FN4O3. The summed E-state index contributed by atoms with van der Waals surface area (Å²) in [6.07, 6.45) is 0.472. The second-order valence-electron chi connectivity index (χ2n) is 11.9. The average molecular weight is 555 g/mol. The molecule has 3 aliphatic heterocycles. The van der Waals surface area contributed by atoms with Crippen LogP contribution < -0.4 is 5.32 Å². The predicted octanol–water partition coefficient (Wildman–Crippen LogP) is 4.27. The van der Waals surface area contributed by atoms with Gasteiger partial charge < -0.3 is 4.90 Å². The van der Waals surface area contributed by atoms with Crippen LogP contribution in [-0.2, 0) is 22.7 Å². The lowest BCUT2D eigenvalue weighted by atomic mass is 9.89. The molecule has 3 heterocycles. The first kappa shape index (κ1) is 27.3. The van der Waals surface area contributed by atoms with Crippen molar-refractivity contribution in [2.75, 3.05) is 19.6 Å². The SMILES string of the molecule is CC1(C)CN(Cc2cc3c(cc2F)C(=O)N(C2CCC(=O)NC2=O)C3)CCN1C(c1ccccc1)c1ccccc1. The lowest BCUT2D eigenvalue weighted by Crippen LogP contribution is -2.59. The quantitative estimate of drug-likeness (QED) is 0.461. The van der Waals surface area contributed by atoms with E-state index in [1.54, 1.807) is 6.07 Å². The normalized spacial score (nSPS) is 21.3. The van der Waals surface area contributed by atoms with Gasteiger partial charge in [0.25, 0.3) is 5.91 Å². The lowest BCUT2D eigenvalue weighted by molar-refractivity contribution is -0.136. The number of benzene rings is 3. The molecule has 2 saturated heterocycles. The van der Waals surface area contributed by atoms with Crippen molar-refractivity contribution < 1.29 is 18.8 Å². The summed E-state index contributed by atoms with van der Waals surface area (Å²) >= 11 is 0. The molecule has 3 aromatic carbocycles. The maximum absolute atomic E-state index is 15.4. The minimum absolute atomic E-state index is 0.107. The highest BCUT2D eigenvalue weighted by Crippen LogP contribution is 2.37. The molecule has 0 spiro atoms. The Bertz CT molecular complexity index is 1440. The van der Waals surface area contributed by atoms with Crippen LogP contribution in [0.4, 0.5) is 4.39 Å². The molecule has 2 fully saturated rings. The van der Waals surface area contributed by atoms with E-state index < -0.39 is 17.8 Å². The van der Waals surface area contributed by atoms with Gasteiger partial charge in [0.15, 0.2) is 0 Å². The Labute approximate surface area is 239 Å². The summed E-state index contributed by atoms with van der Waals surface area (Å²) in [6.45, 7) is 7.50. The van der Waals surface area contributed by atoms with Gasteiger partial charge in [-0.15, -0.1) is 0 Å². The number of rotatable bonds is 6. The van der Waals surface area contributed by atoms with Crippen molar-refractivity contribution in [3.8, 4) is 0 Å². The van der Waals surface area contributed by atoms with Crippen LogP contribution in [0.3, 0.4) is 0 Å². The monoisotopic (exact) mass is 554 g/mol. The number of halogens is 1. The highest BCUT2D eigenvalue weighted by Gasteiger charge is 2.41. The van der Waals surface area contributed by atoms with E-state index in [-0.39, 0.29) is 42.8 Å². The topological polar surface area (TPSA) is 73.0 Å². The van der Waals surface area contributed by atoms with Crippen LogP contribution in [0.5, 0.6) is 0 Å². The third-order valence-electron chi connectivity index (χ3n) is 8.67. The molecule has 0 aromatic heterocycles. The van der Waals surface area contributed by atoms with Crippen molar-refractivity contribution in [2.24, 2.45) is 0 Å². The Balaban J connectivity index is 1.19. The van der Waals surface area contributed by atoms with Crippen molar-refractivity contribution in [1.29, 1.82) is 0 Å². The number of carbonyl (C=O) groups excluding carboxylic acids is 3. The largest absolute Gasteiger partial charge is 0.322 e. The van der Waals surface area contributed by atoms with E-state index in [1.165, 1.54) is 22.1 Å². The minimum atomic E-state index is -0.713. The molecule has 0 bridgehead atoms. The zero-order valence-corrected chi connectivity index (χ0v) is 23.5. The van der Waals surface area contributed by atoms with Crippen LogP contribution in [0.15, 0.2) is 72.8 Å². The number of piperazine rings is 1. The van der Waals surface area contributed by atoms with Gasteiger partial charge in [-0.2, -0.15) is 0 Å². The average Bonchev–Trinajstić information content (AvgIpc) is 3.26. The van der Waals surface area contributed by atoms with Gasteiger partial charge in [0, 0.05) is 55.8 Å². The fourth-order valence-electron chi connectivity index (χ4n) is 6.71. The van der Waals surface area contributed by atoms with Gasteiger partial charge >= 0.3 is 0 Å². The van der Waals surface area contributed by atoms with Crippen LogP contribution in [0.2, 0.25) is 0 Å². The van der Waals surface area contributed by atoms with Crippen molar-refractivity contribution in [3.05, 3.63) is 106 Å². The van der Waals surface area contributed by atoms with Gasteiger partial charge in [-0.05, 0) is 49.1 Å². The number of nitrogens with one attached hydrogen (secondary N) is 1. The molecule has 8 heteroatoms. The second-order valence-corrected chi connectivity index (χ2v) is 11.9. The van der Waals surface area contributed by atoms with E-state index in [1.807, 2.05) is 12.1 Å². The van der Waals surface area contributed by atoms with E-state index in [4.69, 9.17) is 0 Å². The van der Waals surface area contributed by atoms with E-state index in [0.29, 0.717) is 17.7 Å². The molecule has 7 nitrogen and oxygen atoms in total. The van der Waals surface area contributed by atoms with Crippen LogP contribution in [-0.4, -0.2) is 63.6 Å². The first-order valence-electron chi connectivity index (χ1n) is 14.3. The number of carbonyl (C=O) groups is 3. The first-order chi connectivity index (χ1) is 19.7. The van der Waals surface area contributed by atoms with E-state index in [0.717, 1.165) is 25.2 Å². The fourth-order valence-corrected chi connectivity index (χ4v) is 6.71. The number of imide groups is 1. The van der Waals surface area contributed by atoms with Crippen molar-refractivity contribution in [3.63, 3.8) is 0 Å².